The molecule has 1 fully saturated rings. The number of aliphatic hydroxyl groups excluding tert-OH is 1. The molecule has 0 radical (unpaired) electrons. The molecule has 96 valence electrons. The lowest BCUT2D eigenvalue weighted by atomic mass is 9.78. The summed E-state index contributed by atoms with van der Waals surface area (Å²) in [5, 5.41) is 13.3. The van der Waals surface area contributed by atoms with Gasteiger partial charge < -0.3 is 10.4 Å². The maximum Gasteiger partial charge on any atom is 0.0613 e. The molecule has 0 heterocycles. The Balaban J connectivity index is 2.53. The highest BCUT2D eigenvalue weighted by Gasteiger charge is 2.31. The molecule has 2 N–H and O–H groups in total. The van der Waals surface area contributed by atoms with Crippen LogP contribution in [0.25, 0.3) is 0 Å². The molecule has 2 heteroatoms. The Labute approximate surface area is 101 Å². The van der Waals surface area contributed by atoms with Crippen LogP contribution in [0.4, 0.5) is 0 Å². The molecule has 0 saturated heterocycles. The van der Waals surface area contributed by atoms with E-state index in [4.69, 9.17) is 0 Å². The highest BCUT2D eigenvalue weighted by Crippen LogP contribution is 2.31. The van der Waals surface area contributed by atoms with Crippen molar-refractivity contribution in [3.8, 4) is 0 Å². The van der Waals surface area contributed by atoms with E-state index in [1.165, 1.54) is 19.3 Å². The second-order valence-electron chi connectivity index (χ2n) is 5.75. The summed E-state index contributed by atoms with van der Waals surface area (Å²) < 4.78 is 0. The van der Waals surface area contributed by atoms with Crippen LogP contribution in [-0.2, 0) is 0 Å². The highest BCUT2D eigenvalue weighted by atomic mass is 16.3. The van der Waals surface area contributed by atoms with Gasteiger partial charge in [0.05, 0.1) is 6.61 Å². The quantitative estimate of drug-likeness (QED) is 0.757. The van der Waals surface area contributed by atoms with Gasteiger partial charge in [0.2, 0.25) is 0 Å². The zero-order chi connectivity index (χ0) is 12.2. The Bertz CT molecular complexity index is 193. The third kappa shape index (κ3) is 3.21. The summed E-state index contributed by atoms with van der Waals surface area (Å²) in [6, 6.07) is 0.609. The van der Waals surface area contributed by atoms with Crippen molar-refractivity contribution in [2.24, 2.45) is 11.8 Å². The zero-order valence-corrected chi connectivity index (χ0v) is 11.4. The van der Waals surface area contributed by atoms with Crippen LogP contribution in [-0.4, -0.2) is 23.3 Å². The van der Waals surface area contributed by atoms with Gasteiger partial charge in [-0.15, -0.1) is 0 Å². The number of hydrogen-bond donors (Lipinski definition) is 2. The summed E-state index contributed by atoms with van der Waals surface area (Å²) in [7, 11) is 0. The van der Waals surface area contributed by atoms with E-state index in [0.717, 1.165) is 24.7 Å². The van der Waals surface area contributed by atoms with Crippen molar-refractivity contribution >= 4 is 0 Å². The van der Waals surface area contributed by atoms with Crippen molar-refractivity contribution in [2.45, 2.75) is 71.4 Å². The minimum atomic E-state index is -0.0367. The monoisotopic (exact) mass is 227 g/mol. The summed E-state index contributed by atoms with van der Waals surface area (Å²) in [6.07, 6.45) is 5.89. The summed E-state index contributed by atoms with van der Waals surface area (Å²) >= 11 is 0. The molecule has 16 heavy (non-hydrogen) atoms. The average Bonchev–Trinajstić information content (AvgIpc) is 2.31. The van der Waals surface area contributed by atoms with Crippen molar-refractivity contribution in [3.05, 3.63) is 0 Å². The molecule has 0 spiro atoms. The maximum atomic E-state index is 9.56. The fourth-order valence-electron chi connectivity index (χ4n) is 2.84. The van der Waals surface area contributed by atoms with E-state index in [9.17, 15) is 5.11 Å². The molecule has 1 aliphatic rings. The molecule has 1 rings (SSSR count). The first-order valence-electron chi connectivity index (χ1n) is 6.95. The molecule has 1 aliphatic carbocycles. The average molecular weight is 227 g/mol. The normalized spacial score (nSPS) is 31.7. The van der Waals surface area contributed by atoms with Crippen LogP contribution in [0.5, 0.6) is 0 Å². The molecule has 2 nitrogen and oxygen atoms in total. The maximum absolute atomic E-state index is 9.56. The second-order valence-corrected chi connectivity index (χ2v) is 5.75. The van der Waals surface area contributed by atoms with Crippen LogP contribution in [0.2, 0.25) is 0 Å². The van der Waals surface area contributed by atoms with E-state index in [1.54, 1.807) is 0 Å². The van der Waals surface area contributed by atoms with Gasteiger partial charge in [0.1, 0.15) is 0 Å². The zero-order valence-electron chi connectivity index (χ0n) is 11.4. The highest BCUT2D eigenvalue weighted by molar-refractivity contribution is 4.90. The van der Waals surface area contributed by atoms with Gasteiger partial charge in [0.15, 0.2) is 0 Å². The van der Waals surface area contributed by atoms with Crippen molar-refractivity contribution < 1.29 is 5.11 Å². The summed E-state index contributed by atoms with van der Waals surface area (Å²) in [5.74, 6) is 1.68. The Hall–Kier alpha value is -0.0800. The van der Waals surface area contributed by atoms with Crippen LogP contribution in [0.1, 0.15) is 59.8 Å². The van der Waals surface area contributed by atoms with Crippen LogP contribution >= 0.6 is 0 Å². The molecule has 3 unspecified atom stereocenters. The van der Waals surface area contributed by atoms with Crippen molar-refractivity contribution in [1.29, 1.82) is 0 Å². The van der Waals surface area contributed by atoms with Gasteiger partial charge in [-0.2, -0.15) is 0 Å². The number of rotatable bonds is 5. The molecule has 1 saturated carbocycles. The Morgan fingerprint density at radius 2 is 1.75 bits per heavy atom. The summed E-state index contributed by atoms with van der Waals surface area (Å²) in [5.41, 5.74) is -0.0367. The van der Waals surface area contributed by atoms with Gasteiger partial charge in [-0.1, -0.05) is 27.7 Å². The van der Waals surface area contributed by atoms with Gasteiger partial charge in [-0.25, -0.2) is 0 Å². The molecular formula is C14H29NO. The number of hydrogen-bond acceptors (Lipinski definition) is 2. The topological polar surface area (TPSA) is 32.3 Å². The third-order valence-corrected chi connectivity index (χ3v) is 4.76. The first kappa shape index (κ1) is 14.0. The fraction of sp³-hybridized carbons (Fsp3) is 1.00. The van der Waals surface area contributed by atoms with Crippen LogP contribution in [0, 0.1) is 11.8 Å². The van der Waals surface area contributed by atoms with Gasteiger partial charge in [-0.05, 0) is 43.9 Å². The van der Waals surface area contributed by atoms with Crippen molar-refractivity contribution in [1.82, 2.24) is 5.32 Å². The third-order valence-electron chi connectivity index (χ3n) is 4.76. The van der Waals surface area contributed by atoms with Gasteiger partial charge in [0.25, 0.3) is 0 Å². The lowest BCUT2D eigenvalue weighted by Gasteiger charge is -2.40. The molecule has 0 aromatic rings. The predicted octanol–water partition coefficient (Wildman–Crippen LogP) is 2.95. The van der Waals surface area contributed by atoms with E-state index >= 15 is 0 Å². The smallest absolute Gasteiger partial charge is 0.0613 e. The Morgan fingerprint density at radius 1 is 1.12 bits per heavy atom. The van der Waals surface area contributed by atoms with Crippen molar-refractivity contribution in [2.75, 3.05) is 6.61 Å². The molecular weight excluding hydrogens is 198 g/mol. The molecule has 0 bridgehead atoms. The lowest BCUT2D eigenvalue weighted by Crippen LogP contribution is -2.53. The fourth-order valence-corrected chi connectivity index (χ4v) is 2.84. The van der Waals surface area contributed by atoms with Crippen LogP contribution in [0.3, 0.4) is 0 Å². The SMILES string of the molecule is CCC(CC)(CO)NC1CCC(C)C(C)C1. The van der Waals surface area contributed by atoms with Gasteiger partial charge in [-0.3, -0.25) is 0 Å². The van der Waals surface area contributed by atoms with E-state index in [0.29, 0.717) is 6.04 Å². The largest absolute Gasteiger partial charge is 0.394 e. The summed E-state index contributed by atoms with van der Waals surface area (Å²) in [4.78, 5) is 0. The molecule has 0 aromatic heterocycles. The Kier molecular flexibility index (Phi) is 5.26. The van der Waals surface area contributed by atoms with E-state index in [2.05, 4.69) is 33.0 Å². The van der Waals surface area contributed by atoms with Crippen LogP contribution < -0.4 is 5.32 Å². The van der Waals surface area contributed by atoms with Crippen LogP contribution in [0.15, 0.2) is 0 Å². The summed E-state index contributed by atoms with van der Waals surface area (Å²) in [6.45, 7) is 9.32. The second kappa shape index (κ2) is 6.02. The molecule has 0 aliphatic heterocycles. The van der Waals surface area contributed by atoms with E-state index in [-0.39, 0.29) is 12.1 Å². The number of nitrogens with one attached hydrogen (secondary N) is 1. The molecule has 0 aromatic carbocycles. The molecule has 3 atom stereocenters. The van der Waals surface area contributed by atoms with Crippen molar-refractivity contribution in [3.63, 3.8) is 0 Å². The Morgan fingerprint density at radius 3 is 2.19 bits per heavy atom. The first-order valence-corrected chi connectivity index (χ1v) is 6.95. The standard InChI is InChI=1S/C14H29NO/c1-5-14(6-2,10-16)15-13-8-7-11(3)12(4)9-13/h11-13,15-16H,5-10H2,1-4H3. The lowest BCUT2D eigenvalue weighted by molar-refractivity contribution is 0.113. The van der Waals surface area contributed by atoms with E-state index < -0.39 is 0 Å². The minimum absolute atomic E-state index is 0.0367. The first-order chi connectivity index (χ1) is 7.56. The van der Waals surface area contributed by atoms with Gasteiger partial charge in [0, 0.05) is 11.6 Å². The number of aliphatic hydroxyl groups is 1. The van der Waals surface area contributed by atoms with E-state index in [1.807, 2.05) is 0 Å². The van der Waals surface area contributed by atoms with Gasteiger partial charge >= 0.3 is 0 Å². The molecule has 0 amide bonds. The predicted molar refractivity (Wildman–Crippen MR) is 69.5 cm³/mol. The minimum Gasteiger partial charge on any atom is -0.394 e.